The highest BCUT2D eigenvalue weighted by molar-refractivity contribution is 5.74. The molecule has 0 aliphatic heterocycles. The van der Waals surface area contributed by atoms with Crippen molar-refractivity contribution < 1.29 is 4.79 Å². The number of nitrogens with one attached hydrogen (secondary N) is 2. The lowest BCUT2D eigenvalue weighted by atomic mass is 10.2. The van der Waals surface area contributed by atoms with Crippen molar-refractivity contribution in [3.05, 3.63) is 0 Å². The van der Waals surface area contributed by atoms with E-state index in [9.17, 15) is 4.79 Å². The van der Waals surface area contributed by atoms with Gasteiger partial charge in [-0.1, -0.05) is 13.8 Å². The number of hydrogen-bond donors (Lipinski definition) is 2. The van der Waals surface area contributed by atoms with E-state index in [1.165, 1.54) is 0 Å². The Morgan fingerprint density at radius 1 is 1.27 bits per heavy atom. The Morgan fingerprint density at radius 3 is 2.27 bits per heavy atom. The minimum atomic E-state index is 0.0361. The van der Waals surface area contributed by atoms with Gasteiger partial charge in [0, 0.05) is 25.7 Å². The van der Waals surface area contributed by atoms with E-state index >= 15 is 0 Å². The molecule has 0 unspecified atom stereocenters. The van der Waals surface area contributed by atoms with Crippen molar-refractivity contribution in [2.24, 2.45) is 5.92 Å². The molecule has 0 atom stereocenters. The molecular weight excluding hydrogens is 190 g/mol. The highest BCUT2D eigenvalue weighted by atomic mass is 16.2. The van der Waals surface area contributed by atoms with E-state index in [1.807, 2.05) is 25.8 Å². The van der Waals surface area contributed by atoms with E-state index in [4.69, 9.17) is 0 Å². The van der Waals surface area contributed by atoms with Gasteiger partial charge in [-0.3, -0.25) is 0 Å². The molecule has 15 heavy (non-hydrogen) atoms. The number of urea groups is 1. The van der Waals surface area contributed by atoms with E-state index in [0.717, 1.165) is 19.6 Å². The van der Waals surface area contributed by atoms with Gasteiger partial charge in [0.2, 0.25) is 0 Å². The molecule has 0 aliphatic rings. The number of rotatable bonds is 6. The predicted octanol–water partition coefficient (Wildman–Crippen LogP) is 1.28. The lowest BCUT2D eigenvalue weighted by Gasteiger charge is -2.27. The van der Waals surface area contributed by atoms with Crippen LogP contribution in [0, 0.1) is 5.92 Å². The second-order valence-electron chi connectivity index (χ2n) is 4.47. The monoisotopic (exact) mass is 215 g/mol. The lowest BCUT2D eigenvalue weighted by Crippen LogP contribution is -2.47. The molecule has 0 aromatic carbocycles. The maximum absolute atomic E-state index is 11.8. The summed E-state index contributed by atoms with van der Waals surface area (Å²) in [7, 11) is 1.89. The van der Waals surface area contributed by atoms with Crippen LogP contribution in [0.25, 0.3) is 0 Å². The van der Waals surface area contributed by atoms with Crippen molar-refractivity contribution in [2.75, 3.05) is 26.7 Å². The Bertz CT molecular complexity index is 181. The molecule has 0 radical (unpaired) electrons. The SMILES string of the molecule is CNCCN(C(=O)NCC(C)C)C(C)C. The molecule has 0 rings (SSSR count). The van der Waals surface area contributed by atoms with E-state index < -0.39 is 0 Å². The highest BCUT2D eigenvalue weighted by Gasteiger charge is 2.15. The molecule has 0 fully saturated rings. The minimum absolute atomic E-state index is 0.0361. The largest absolute Gasteiger partial charge is 0.338 e. The maximum atomic E-state index is 11.8. The number of carbonyl (C=O) groups excluding carboxylic acids is 1. The number of hydrogen-bond acceptors (Lipinski definition) is 2. The predicted molar refractivity (Wildman–Crippen MR) is 64.0 cm³/mol. The Balaban J connectivity index is 4.05. The average Bonchev–Trinajstić information content (AvgIpc) is 2.14. The van der Waals surface area contributed by atoms with Gasteiger partial charge in [0.1, 0.15) is 0 Å². The van der Waals surface area contributed by atoms with Crippen molar-refractivity contribution in [2.45, 2.75) is 33.7 Å². The van der Waals surface area contributed by atoms with Gasteiger partial charge in [-0.05, 0) is 26.8 Å². The zero-order chi connectivity index (χ0) is 11.8. The van der Waals surface area contributed by atoms with E-state index in [2.05, 4.69) is 24.5 Å². The second kappa shape index (κ2) is 7.51. The Kier molecular flexibility index (Phi) is 7.13. The van der Waals surface area contributed by atoms with Crippen LogP contribution in [0.4, 0.5) is 4.79 Å². The fourth-order valence-electron chi connectivity index (χ4n) is 1.22. The van der Waals surface area contributed by atoms with Crippen molar-refractivity contribution in [1.29, 1.82) is 0 Å². The molecule has 90 valence electrons. The molecule has 2 N–H and O–H groups in total. The molecule has 0 heterocycles. The molecule has 0 saturated heterocycles. The first-order chi connectivity index (χ1) is 6.99. The first kappa shape index (κ1) is 14.2. The summed E-state index contributed by atoms with van der Waals surface area (Å²) in [4.78, 5) is 13.6. The highest BCUT2D eigenvalue weighted by Crippen LogP contribution is 1.98. The summed E-state index contributed by atoms with van der Waals surface area (Å²) in [6.45, 7) is 10.6. The van der Waals surface area contributed by atoms with E-state index in [-0.39, 0.29) is 12.1 Å². The number of nitrogens with zero attached hydrogens (tertiary/aromatic N) is 1. The van der Waals surface area contributed by atoms with Crippen LogP contribution in [-0.2, 0) is 0 Å². The van der Waals surface area contributed by atoms with Gasteiger partial charge in [0.05, 0.1) is 0 Å². The van der Waals surface area contributed by atoms with Crippen molar-refractivity contribution in [1.82, 2.24) is 15.5 Å². The summed E-state index contributed by atoms with van der Waals surface area (Å²) in [6.07, 6.45) is 0. The molecule has 0 saturated carbocycles. The van der Waals surface area contributed by atoms with Gasteiger partial charge in [-0.15, -0.1) is 0 Å². The summed E-state index contributed by atoms with van der Waals surface area (Å²) in [5.41, 5.74) is 0. The lowest BCUT2D eigenvalue weighted by molar-refractivity contribution is 0.182. The quantitative estimate of drug-likeness (QED) is 0.701. The van der Waals surface area contributed by atoms with Crippen LogP contribution in [0.5, 0.6) is 0 Å². The Labute approximate surface area is 93.4 Å². The zero-order valence-electron chi connectivity index (χ0n) is 10.6. The minimum Gasteiger partial charge on any atom is -0.338 e. The molecule has 0 bridgehead atoms. The average molecular weight is 215 g/mol. The third kappa shape index (κ3) is 6.33. The molecule has 2 amide bonds. The van der Waals surface area contributed by atoms with Gasteiger partial charge < -0.3 is 15.5 Å². The van der Waals surface area contributed by atoms with Crippen LogP contribution in [0.2, 0.25) is 0 Å². The fourth-order valence-corrected chi connectivity index (χ4v) is 1.22. The summed E-state index contributed by atoms with van der Waals surface area (Å²) in [6, 6.07) is 0.277. The number of carbonyl (C=O) groups is 1. The topological polar surface area (TPSA) is 44.4 Å². The molecule has 0 aromatic heterocycles. The smallest absolute Gasteiger partial charge is 0.317 e. The maximum Gasteiger partial charge on any atom is 0.317 e. The van der Waals surface area contributed by atoms with E-state index in [1.54, 1.807) is 0 Å². The van der Waals surface area contributed by atoms with Crippen LogP contribution in [0.3, 0.4) is 0 Å². The summed E-state index contributed by atoms with van der Waals surface area (Å²) < 4.78 is 0. The molecule has 0 aliphatic carbocycles. The van der Waals surface area contributed by atoms with Gasteiger partial charge >= 0.3 is 6.03 Å². The van der Waals surface area contributed by atoms with Crippen LogP contribution >= 0.6 is 0 Å². The standard InChI is InChI=1S/C11H25N3O/c1-9(2)8-13-11(15)14(10(3)4)7-6-12-5/h9-10,12H,6-8H2,1-5H3,(H,13,15). The first-order valence-electron chi connectivity index (χ1n) is 5.68. The Morgan fingerprint density at radius 2 is 1.87 bits per heavy atom. The van der Waals surface area contributed by atoms with Crippen LogP contribution < -0.4 is 10.6 Å². The molecule has 0 spiro atoms. The first-order valence-corrected chi connectivity index (χ1v) is 5.68. The van der Waals surface area contributed by atoms with Crippen LogP contribution in [0.1, 0.15) is 27.7 Å². The van der Waals surface area contributed by atoms with Crippen molar-refractivity contribution in [3.8, 4) is 0 Å². The molecule has 4 nitrogen and oxygen atoms in total. The van der Waals surface area contributed by atoms with Crippen molar-refractivity contribution >= 4 is 6.03 Å². The third-order valence-corrected chi connectivity index (χ3v) is 2.15. The van der Waals surface area contributed by atoms with E-state index in [0.29, 0.717) is 5.92 Å². The number of amides is 2. The number of likely N-dealkylation sites (N-methyl/N-ethyl adjacent to an activating group) is 1. The fraction of sp³-hybridized carbons (Fsp3) is 0.909. The van der Waals surface area contributed by atoms with Gasteiger partial charge in [-0.25, -0.2) is 4.79 Å². The van der Waals surface area contributed by atoms with Crippen molar-refractivity contribution in [3.63, 3.8) is 0 Å². The van der Waals surface area contributed by atoms with Gasteiger partial charge in [0.25, 0.3) is 0 Å². The zero-order valence-corrected chi connectivity index (χ0v) is 10.6. The second-order valence-corrected chi connectivity index (χ2v) is 4.47. The summed E-state index contributed by atoms with van der Waals surface area (Å²) >= 11 is 0. The summed E-state index contributed by atoms with van der Waals surface area (Å²) in [5, 5.41) is 5.98. The van der Waals surface area contributed by atoms with Crippen LogP contribution in [0.15, 0.2) is 0 Å². The van der Waals surface area contributed by atoms with Gasteiger partial charge in [0.15, 0.2) is 0 Å². The third-order valence-electron chi connectivity index (χ3n) is 2.15. The van der Waals surface area contributed by atoms with Gasteiger partial charge in [-0.2, -0.15) is 0 Å². The normalized spacial score (nSPS) is 10.9. The molecular formula is C11H25N3O. The molecule has 4 heteroatoms. The molecule has 0 aromatic rings. The summed E-state index contributed by atoms with van der Waals surface area (Å²) in [5.74, 6) is 0.493. The Hall–Kier alpha value is -0.770. The van der Waals surface area contributed by atoms with Crippen LogP contribution in [-0.4, -0.2) is 43.7 Å².